The fourth-order valence-corrected chi connectivity index (χ4v) is 2.87. The van der Waals surface area contributed by atoms with Gasteiger partial charge in [-0.2, -0.15) is 0 Å². The van der Waals surface area contributed by atoms with Crippen molar-refractivity contribution < 1.29 is 13.9 Å². The van der Waals surface area contributed by atoms with Gasteiger partial charge in [0, 0.05) is 18.5 Å². The van der Waals surface area contributed by atoms with Crippen molar-refractivity contribution in [3.05, 3.63) is 78.3 Å². The Balaban J connectivity index is 1.59. The van der Waals surface area contributed by atoms with Crippen molar-refractivity contribution in [2.75, 3.05) is 0 Å². The molecule has 0 saturated heterocycles. The van der Waals surface area contributed by atoms with Crippen molar-refractivity contribution >= 4 is 5.91 Å². The number of hydrogen-bond acceptors (Lipinski definition) is 3. The van der Waals surface area contributed by atoms with Gasteiger partial charge in [-0.05, 0) is 48.2 Å². The lowest BCUT2D eigenvalue weighted by Crippen LogP contribution is -2.31. The lowest BCUT2D eigenvalue weighted by molar-refractivity contribution is -0.119. The molecule has 0 spiro atoms. The highest BCUT2D eigenvalue weighted by molar-refractivity contribution is 5.73. The Bertz CT molecular complexity index is 821. The quantitative estimate of drug-likeness (QED) is 0.678. The molecule has 0 radical (unpaired) electrons. The predicted octanol–water partition coefficient (Wildman–Crippen LogP) is 4.59. The fraction of sp³-hybridized carbons (Fsp3) is 0.227. The first-order valence-corrected chi connectivity index (χ1v) is 8.70. The molecule has 0 aliphatic heterocycles. The molecule has 3 rings (SSSR count). The van der Waals surface area contributed by atoms with Crippen LogP contribution in [0.25, 0.3) is 11.1 Å². The van der Waals surface area contributed by atoms with E-state index >= 15 is 0 Å². The van der Waals surface area contributed by atoms with Crippen LogP contribution in [-0.2, 0) is 17.8 Å². The number of nitrogens with one attached hydrogen (secondary N) is 1. The summed E-state index contributed by atoms with van der Waals surface area (Å²) in [4.78, 5) is 11.1. The van der Waals surface area contributed by atoms with E-state index in [1.54, 1.807) is 19.5 Å². The van der Waals surface area contributed by atoms with Crippen LogP contribution in [0.4, 0.5) is 0 Å². The van der Waals surface area contributed by atoms with Gasteiger partial charge in [0.15, 0.2) is 0 Å². The second kappa shape index (κ2) is 8.39. The van der Waals surface area contributed by atoms with Crippen molar-refractivity contribution in [3.63, 3.8) is 0 Å². The topological polar surface area (TPSA) is 51.5 Å². The molecule has 1 heterocycles. The van der Waals surface area contributed by atoms with Gasteiger partial charge in [0.1, 0.15) is 12.4 Å². The Morgan fingerprint density at radius 2 is 1.65 bits per heavy atom. The van der Waals surface area contributed by atoms with Crippen molar-refractivity contribution in [2.24, 2.45) is 0 Å². The minimum Gasteiger partial charge on any atom is -0.489 e. The van der Waals surface area contributed by atoms with Gasteiger partial charge < -0.3 is 14.5 Å². The van der Waals surface area contributed by atoms with E-state index in [1.165, 1.54) is 5.56 Å². The van der Waals surface area contributed by atoms with Crippen LogP contribution in [-0.4, -0.2) is 11.9 Å². The van der Waals surface area contributed by atoms with Crippen LogP contribution >= 0.6 is 0 Å². The molecule has 1 aromatic heterocycles. The monoisotopic (exact) mass is 349 g/mol. The Morgan fingerprint density at radius 1 is 1.00 bits per heavy atom. The third kappa shape index (κ3) is 4.99. The zero-order valence-electron chi connectivity index (χ0n) is 15.1. The molecule has 0 fully saturated rings. The molecule has 1 amide bonds. The number of furan rings is 1. The lowest BCUT2D eigenvalue weighted by atomic mass is 10.0. The molecule has 0 saturated carbocycles. The molecule has 26 heavy (non-hydrogen) atoms. The van der Waals surface area contributed by atoms with Crippen LogP contribution in [0.2, 0.25) is 0 Å². The molecule has 0 aliphatic carbocycles. The summed E-state index contributed by atoms with van der Waals surface area (Å²) in [7, 11) is 0. The van der Waals surface area contributed by atoms with Gasteiger partial charge in [-0.1, -0.05) is 36.4 Å². The molecular formula is C22H23NO3. The van der Waals surface area contributed by atoms with Crippen molar-refractivity contribution in [3.8, 4) is 16.9 Å². The number of hydrogen-bond donors (Lipinski definition) is 1. The Morgan fingerprint density at radius 3 is 2.23 bits per heavy atom. The fourth-order valence-electron chi connectivity index (χ4n) is 2.87. The van der Waals surface area contributed by atoms with E-state index in [4.69, 9.17) is 9.15 Å². The summed E-state index contributed by atoms with van der Waals surface area (Å²) >= 11 is 0. The third-order valence-electron chi connectivity index (χ3n) is 4.12. The molecule has 0 bridgehead atoms. The van der Waals surface area contributed by atoms with Gasteiger partial charge in [0.25, 0.3) is 0 Å². The summed E-state index contributed by atoms with van der Waals surface area (Å²) in [6.45, 7) is 4.05. The van der Waals surface area contributed by atoms with E-state index in [9.17, 15) is 4.79 Å². The number of amides is 1. The molecule has 1 N–H and O–H groups in total. The van der Waals surface area contributed by atoms with Crippen molar-refractivity contribution in [1.82, 2.24) is 5.32 Å². The number of ether oxygens (including phenoxy) is 1. The first kappa shape index (κ1) is 17.8. The normalized spacial score (nSPS) is 11.8. The van der Waals surface area contributed by atoms with Crippen LogP contribution in [0.1, 0.15) is 25.0 Å². The van der Waals surface area contributed by atoms with Gasteiger partial charge in [0.05, 0.1) is 12.5 Å². The number of benzene rings is 2. The number of carbonyl (C=O) groups is 1. The maximum absolute atomic E-state index is 11.1. The molecular weight excluding hydrogens is 326 g/mol. The molecule has 3 aromatic rings. The summed E-state index contributed by atoms with van der Waals surface area (Å²) in [5.41, 5.74) is 4.51. The standard InChI is InChI=1S/C22H23NO3/c1-16(23-17(2)24)13-18-3-5-20(6-4-18)21-7-9-22(10-8-21)26-15-19-11-12-25-14-19/h3-12,14,16H,13,15H2,1-2H3,(H,23,24). The second-order valence-electron chi connectivity index (χ2n) is 6.45. The second-order valence-corrected chi connectivity index (χ2v) is 6.45. The van der Waals surface area contributed by atoms with E-state index < -0.39 is 0 Å². The van der Waals surface area contributed by atoms with Crippen LogP contribution in [0, 0.1) is 0 Å². The molecule has 1 unspecified atom stereocenters. The first-order valence-electron chi connectivity index (χ1n) is 8.70. The summed E-state index contributed by atoms with van der Waals surface area (Å²) in [6.07, 6.45) is 4.14. The lowest BCUT2D eigenvalue weighted by Gasteiger charge is -2.13. The van der Waals surface area contributed by atoms with Crippen LogP contribution in [0.15, 0.2) is 71.5 Å². The van der Waals surface area contributed by atoms with Gasteiger partial charge in [0.2, 0.25) is 5.91 Å². The average Bonchev–Trinajstić information content (AvgIpc) is 3.14. The van der Waals surface area contributed by atoms with Crippen LogP contribution in [0.3, 0.4) is 0 Å². The Hall–Kier alpha value is -3.01. The van der Waals surface area contributed by atoms with E-state index in [2.05, 4.69) is 41.7 Å². The average molecular weight is 349 g/mol. The molecule has 2 aromatic carbocycles. The smallest absolute Gasteiger partial charge is 0.217 e. The number of rotatable bonds is 7. The molecule has 4 nitrogen and oxygen atoms in total. The number of carbonyl (C=O) groups excluding carboxylic acids is 1. The zero-order chi connectivity index (χ0) is 18.4. The largest absolute Gasteiger partial charge is 0.489 e. The van der Waals surface area contributed by atoms with Crippen LogP contribution in [0.5, 0.6) is 5.75 Å². The highest BCUT2D eigenvalue weighted by Crippen LogP contribution is 2.23. The maximum atomic E-state index is 11.1. The highest BCUT2D eigenvalue weighted by atomic mass is 16.5. The van der Waals surface area contributed by atoms with E-state index in [1.807, 2.05) is 25.1 Å². The van der Waals surface area contributed by atoms with Gasteiger partial charge in [-0.15, -0.1) is 0 Å². The summed E-state index contributed by atoms with van der Waals surface area (Å²) < 4.78 is 10.8. The minimum atomic E-state index is 0.00389. The van der Waals surface area contributed by atoms with Crippen LogP contribution < -0.4 is 10.1 Å². The van der Waals surface area contributed by atoms with Gasteiger partial charge >= 0.3 is 0 Å². The predicted molar refractivity (Wildman–Crippen MR) is 102 cm³/mol. The molecule has 1 atom stereocenters. The molecule has 4 heteroatoms. The Kier molecular flexibility index (Phi) is 5.74. The third-order valence-corrected chi connectivity index (χ3v) is 4.12. The van der Waals surface area contributed by atoms with Crippen molar-refractivity contribution in [2.45, 2.75) is 32.9 Å². The molecule has 134 valence electrons. The summed E-state index contributed by atoms with van der Waals surface area (Å²) in [6, 6.07) is 18.5. The van der Waals surface area contributed by atoms with Crippen molar-refractivity contribution in [1.29, 1.82) is 0 Å². The van der Waals surface area contributed by atoms with E-state index in [0.717, 1.165) is 28.9 Å². The maximum Gasteiger partial charge on any atom is 0.217 e. The SMILES string of the molecule is CC(=O)NC(C)Cc1ccc(-c2ccc(OCc3ccoc3)cc2)cc1. The molecule has 0 aliphatic rings. The zero-order valence-corrected chi connectivity index (χ0v) is 15.1. The highest BCUT2D eigenvalue weighted by Gasteiger charge is 2.05. The minimum absolute atomic E-state index is 0.00389. The summed E-state index contributed by atoms with van der Waals surface area (Å²) in [5.74, 6) is 0.833. The van der Waals surface area contributed by atoms with E-state index in [-0.39, 0.29) is 11.9 Å². The first-order chi connectivity index (χ1) is 12.6. The van der Waals surface area contributed by atoms with Gasteiger partial charge in [-0.25, -0.2) is 0 Å². The Labute approximate surface area is 153 Å². The van der Waals surface area contributed by atoms with Gasteiger partial charge in [-0.3, -0.25) is 4.79 Å². The summed E-state index contributed by atoms with van der Waals surface area (Å²) in [5, 5.41) is 2.91. The van der Waals surface area contributed by atoms with E-state index in [0.29, 0.717) is 6.61 Å².